The number of anilines is 1. The number of carbonyl (C=O) groups excluding carboxylic acids is 2. The summed E-state index contributed by atoms with van der Waals surface area (Å²) in [6.07, 6.45) is 5.05. The van der Waals surface area contributed by atoms with E-state index in [1.54, 1.807) is 11.8 Å². The summed E-state index contributed by atoms with van der Waals surface area (Å²) in [5.74, 6) is 0.853. The lowest BCUT2D eigenvalue weighted by molar-refractivity contribution is -0.115. The van der Waals surface area contributed by atoms with Gasteiger partial charge in [0.1, 0.15) is 0 Å². The standard InChI is InChI=1S/C18H23N3O2S/c1-21(14-9-12-3-4-13(10-14)19-12)18(23)11-2-5-16-15(8-11)20-17(22)6-7-24-16/h2,5,8,12-14,19H,3-4,6-7,9-10H2,1H3,(H,20,22). The van der Waals surface area contributed by atoms with Crippen LogP contribution >= 0.6 is 11.8 Å². The van der Waals surface area contributed by atoms with Crippen molar-refractivity contribution in [1.29, 1.82) is 0 Å². The quantitative estimate of drug-likeness (QED) is 0.864. The molecule has 2 fully saturated rings. The molecule has 3 heterocycles. The third kappa shape index (κ3) is 3.05. The lowest BCUT2D eigenvalue weighted by Gasteiger charge is -2.35. The summed E-state index contributed by atoms with van der Waals surface area (Å²) in [4.78, 5) is 27.6. The van der Waals surface area contributed by atoms with Gasteiger partial charge in [-0.15, -0.1) is 11.8 Å². The molecule has 2 N–H and O–H groups in total. The third-order valence-corrected chi connectivity index (χ3v) is 6.48. The van der Waals surface area contributed by atoms with Crippen molar-refractivity contribution >= 4 is 29.3 Å². The number of nitrogens with zero attached hydrogens (tertiary/aromatic N) is 1. The van der Waals surface area contributed by atoms with Crippen molar-refractivity contribution in [1.82, 2.24) is 10.2 Å². The van der Waals surface area contributed by atoms with E-state index in [0.717, 1.165) is 29.2 Å². The van der Waals surface area contributed by atoms with Gasteiger partial charge >= 0.3 is 0 Å². The van der Waals surface area contributed by atoms with E-state index in [1.807, 2.05) is 30.1 Å². The minimum absolute atomic E-state index is 0.0223. The summed E-state index contributed by atoms with van der Waals surface area (Å²) in [6.45, 7) is 0. The summed E-state index contributed by atoms with van der Waals surface area (Å²) in [5, 5.41) is 6.54. The highest BCUT2D eigenvalue weighted by Gasteiger charge is 2.36. The van der Waals surface area contributed by atoms with E-state index >= 15 is 0 Å². The SMILES string of the molecule is CN(C(=O)c1ccc2c(c1)NC(=O)CCS2)C1CC2CCC(C1)N2. The van der Waals surface area contributed by atoms with E-state index in [2.05, 4.69) is 10.6 Å². The average molecular weight is 345 g/mol. The Morgan fingerprint density at radius 2 is 2.00 bits per heavy atom. The smallest absolute Gasteiger partial charge is 0.253 e. The Hall–Kier alpha value is -1.53. The van der Waals surface area contributed by atoms with Crippen LogP contribution in [0, 0.1) is 0 Å². The van der Waals surface area contributed by atoms with Crippen molar-refractivity contribution in [3.63, 3.8) is 0 Å². The first-order chi connectivity index (χ1) is 11.6. The van der Waals surface area contributed by atoms with Gasteiger partial charge in [0.15, 0.2) is 0 Å². The first kappa shape index (κ1) is 16.0. The molecule has 0 aliphatic carbocycles. The average Bonchev–Trinajstić information content (AvgIpc) is 2.80. The Morgan fingerprint density at radius 3 is 2.75 bits per heavy atom. The van der Waals surface area contributed by atoms with E-state index in [0.29, 0.717) is 30.1 Å². The fourth-order valence-corrected chi connectivity index (χ4v) is 5.00. The summed E-state index contributed by atoms with van der Waals surface area (Å²) in [7, 11) is 1.91. The zero-order valence-electron chi connectivity index (χ0n) is 13.9. The van der Waals surface area contributed by atoms with E-state index in [4.69, 9.17) is 0 Å². The van der Waals surface area contributed by atoms with Crippen molar-refractivity contribution in [3.8, 4) is 0 Å². The van der Waals surface area contributed by atoms with Crippen molar-refractivity contribution in [2.24, 2.45) is 0 Å². The number of amides is 2. The van der Waals surface area contributed by atoms with Crippen LogP contribution in [0.5, 0.6) is 0 Å². The molecule has 0 radical (unpaired) electrons. The van der Waals surface area contributed by atoms with Crippen LogP contribution < -0.4 is 10.6 Å². The number of nitrogens with one attached hydrogen (secondary N) is 2. The highest BCUT2D eigenvalue weighted by atomic mass is 32.2. The number of hydrogen-bond acceptors (Lipinski definition) is 4. The van der Waals surface area contributed by atoms with Gasteiger partial charge in [-0.1, -0.05) is 0 Å². The summed E-state index contributed by atoms with van der Waals surface area (Å²) < 4.78 is 0. The van der Waals surface area contributed by atoms with E-state index in [-0.39, 0.29) is 11.8 Å². The molecule has 0 aromatic heterocycles. The normalized spacial score (nSPS) is 28.7. The Labute approximate surface area is 146 Å². The lowest BCUT2D eigenvalue weighted by atomic mass is 9.98. The Bertz CT molecular complexity index is 666. The number of fused-ring (bicyclic) bond motifs is 3. The fraction of sp³-hybridized carbons (Fsp3) is 0.556. The number of piperidine rings is 1. The first-order valence-electron chi connectivity index (χ1n) is 8.70. The number of thioether (sulfide) groups is 1. The lowest BCUT2D eigenvalue weighted by Crippen LogP contribution is -2.48. The number of benzene rings is 1. The second-order valence-electron chi connectivity index (χ2n) is 7.04. The molecule has 2 saturated heterocycles. The molecule has 24 heavy (non-hydrogen) atoms. The van der Waals surface area contributed by atoms with Crippen molar-refractivity contribution in [3.05, 3.63) is 23.8 Å². The summed E-state index contributed by atoms with van der Waals surface area (Å²) in [5.41, 5.74) is 1.43. The maximum absolute atomic E-state index is 12.9. The minimum atomic E-state index is 0.0223. The van der Waals surface area contributed by atoms with Crippen LogP contribution in [-0.4, -0.2) is 47.6 Å². The molecular weight excluding hydrogens is 322 g/mol. The largest absolute Gasteiger partial charge is 0.339 e. The molecule has 2 atom stereocenters. The predicted molar refractivity (Wildman–Crippen MR) is 95.5 cm³/mol. The van der Waals surface area contributed by atoms with Gasteiger partial charge in [0, 0.05) is 47.8 Å². The molecule has 1 aromatic carbocycles. The molecule has 3 aliphatic rings. The first-order valence-corrected chi connectivity index (χ1v) is 9.68. The van der Waals surface area contributed by atoms with E-state index in [1.165, 1.54) is 12.8 Å². The zero-order chi connectivity index (χ0) is 16.7. The van der Waals surface area contributed by atoms with Gasteiger partial charge < -0.3 is 15.5 Å². The van der Waals surface area contributed by atoms with Crippen molar-refractivity contribution in [2.45, 2.75) is 55.1 Å². The second-order valence-corrected chi connectivity index (χ2v) is 8.17. The Morgan fingerprint density at radius 1 is 1.25 bits per heavy atom. The van der Waals surface area contributed by atoms with E-state index in [9.17, 15) is 9.59 Å². The maximum atomic E-state index is 12.9. The van der Waals surface area contributed by atoms with Crippen molar-refractivity contribution < 1.29 is 9.59 Å². The maximum Gasteiger partial charge on any atom is 0.253 e. The second kappa shape index (κ2) is 6.41. The summed E-state index contributed by atoms with van der Waals surface area (Å²) >= 11 is 1.66. The molecular formula is C18H23N3O2S. The van der Waals surface area contributed by atoms with Crippen LogP contribution in [-0.2, 0) is 4.79 Å². The molecule has 2 amide bonds. The van der Waals surface area contributed by atoms with Gasteiger partial charge in [-0.3, -0.25) is 9.59 Å². The molecule has 2 bridgehead atoms. The number of rotatable bonds is 2. The molecule has 2 unspecified atom stereocenters. The van der Waals surface area contributed by atoms with Gasteiger partial charge in [0.05, 0.1) is 5.69 Å². The highest BCUT2D eigenvalue weighted by Crippen LogP contribution is 2.33. The van der Waals surface area contributed by atoms with Gasteiger partial charge in [-0.25, -0.2) is 0 Å². The van der Waals surface area contributed by atoms with Crippen LogP contribution in [0.2, 0.25) is 0 Å². The molecule has 1 aromatic rings. The predicted octanol–water partition coefficient (Wildman–Crippen LogP) is 2.48. The summed E-state index contributed by atoms with van der Waals surface area (Å²) in [6, 6.07) is 7.11. The Kier molecular flexibility index (Phi) is 4.26. The molecule has 4 rings (SSSR count). The van der Waals surface area contributed by atoms with Gasteiger partial charge in [0.2, 0.25) is 5.91 Å². The Balaban J connectivity index is 1.52. The number of carbonyl (C=O) groups is 2. The molecule has 128 valence electrons. The van der Waals surface area contributed by atoms with Crippen LogP contribution in [0.25, 0.3) is 0 Å². The van der Waals surface area contributed by atoms with Crippen LogP contribution in [0.15, 0.2) is 23.1 Å². The molecule has 3 aliphatic heterocycles. The van der Waals surface area contributed by atoms with E-state index < -0.39 is 0 Å². The highest BCUT2D eigenvalue weighted by molar-refractivity contribution is 7.99. The molecule has 0 spiro atoms. The zero-order valence-corrected chi connectivity index (χ0v) is 14.7. The fourth-order valence-electron chi connectivity index (χ4n) is 4.07. The third-order valence-electron chi connectivity index (χ3n) is 5.40. The van der Waals surface area contributed by atoms with Gasteiger partial charge in [0.25, 0.3) is 5.91 Å². The molecule has 5 nitrogen and oxygen atoms in total. The minimum Gasteiger partial charge on any atom is -0.339 e. The van der Waals surface area contributed by atoms with Crippen LogP contribution in [0.3, 0.4) is 0 Å². The van der Waals surface area contributed by atoms with Gasteiger partial charge in [-0.05, 0) is 43.9 Å². The van der Waals surface area contributed by atoms with Gasteiger partial charge in [-0.2, -0.15) is 0 Å². The molecule has 0 saturated carbocycles. The van der Waals surface area contributed by atoms with Crippen LogP contribution in [0.4, 0.5) is 5.69 Å². The van der Waals surface area contributed by atoms with Crippen molar-refractivity contribution in [2.75, 3.05) is 18.1 Å². The monoisotopic (exact) mass is 345 g/mol. The van der Waals surface area contributed by atoms with Crippen LogP contribution in [0.1, 0.15) is 42.5 Å². The topological polar surface area (TPSA) is 61.4 Å². The molecule has 6 heteroatoms. The number of hydrogen-bond donors (Lipinski definition) is 2.